The van der Waals surface area contributed by atoms with Crippen molar-refractivity contribution in [3.05, 3.63) is 6.20 Å². The van der Waals surface area contributed by atoms with Gasteiger partial charge in [0.05, 0.1) is 0 Å². The van der Waals surface area contributed by atoms with Crippen LogP contribution in [0.1, 0.15) is 26.2 Å². The van der Waals surface area contributed by atoms with Gasteiger partial charge in [0.15, 0.2) is 5.82 Å². The van der Waals surface area contributed by atoms with Gasteiger partial charge in [-0.25, -0.2) is 13.1 Å². The Balaban J connectivity index is 2.10. The Labute approximate surface area is 112 Å². The number of aliphatic hydroxyl groups is 1. The van der Waals surface area contributed by atoms with Crippen LogP contribution < -0.4 is 10.5 Å². The van der Waals surface area contributed by atoms with E-state index >= 15 is 0 Å². The van der Waals surface area contributed by atoms with E-state index in [-0.39, 0.29) is 29.3 Å². The van der Waals surface area contributed by atoms with Crippen molar-refractivity contribution in [1.82, 2.24) is 14.5 Å². The first-order valence-electron chi connectivity index (χ1n) is 6.36. The number of aryl methyl sites for hydroxylation is 1. The number of hydrogen-bond donors (Lipinski definition) is 3. The molecule has 1 aliphatic carbocycles. The molecule has 0 amide bonds. The molecule has 1 aliphatic rings. The summed E-state index contributed by atoms with van der Waals surface area (Å²) in [5.41, 5.74) is 5.37. The van der Waals surface area contributed by atoms with E-state index in [1.165, 1.54) is 10.9 Å². The third-order valence-electron chi connectivity index (χ3n) is 3.43. The SMILES string of the molecule is CCCn1cc(S(=O)(=O)NCC2(CO)CC2)c(N)n1. The van der Waals surface area contributed by atoms with E-state index in [1.807, 2.05) is 6.92 Å². The number of rotatable bonds is 7. The van der Waals surface area contributed by atoms with Crippen LogP contribution in [0.2, 0.25) is 0 Å². The number of nitrogens with one attached hydrogen (secondary N) is 1. The minimum absolute atomic E-state index is 0.0000980. The molecule has 0 aliphatic heterocycles. The quantitative estimate of drug-likeness (QED) is 0.650. The van der Waals surface area contributed by atoms with Gasteiger partial charge in [-0.1, -0.05) is 6.92 Å². The summed E-state index contributed by atoms with van der Waals surface area (Å²) < 4.78 is 28.3. The van der Waals surface area contributed by atoms with Gasteiger partial charge in [-0.05, 0) is 19.3 Å². The second-order valence-electron chi connectivity index (χ2n) is 5.12. The van der Waals surface area contributed by atoms with Gasteiger partial charge in [0.25, 0.3) is 0 Å². The molecule has 4 N–H and O–H groups in total. The molecule has 8 heteroatoms. The Hall–Kier alpha value is -1.12. The third-order valence-corrected chi connectivity index (χ3v) is 4.84. The highest BCUT2D eigenvalue weighted by molar-refractivity contribution is 7.89. The Morgan fingerprint density at radius 2 is 2.26 bits per heavy atom. The molecule has 108 valence electrons. The zero-order valence-electron chi connectivity index (χ0n) is 11.0. The second kappa shape index (κ2) is 5.10. The van der Waals surface area contributed by atoms with E-state index in [9.17, 15) is 13.5 Å². The van der Waals surface area contributed by atoms with Crippen molar-refractivity contribution in [3.63, 3.8) is 0 Å². The highest BCUT2D eigenvalue weighted by Crippen LogP contribution is 2.44. The van der Waals surface area contributed by atoms with Crippen molar-refractivity contribution in [3.8, 4) is 0 Å². The monoisotopic (exact) mass is 288 g/mol. The van der Waals surface area contributed by atoms with Crippen LogP contribution in [0.4, 0.5) is 5.82 Å². The Morgan fingerprint density at radius 1 is 1.58 bits per heavy atom. The average Bonchev–Trinajstić information content (AvgIpc) is 3.05. The highest BCUT2D eigenvalue weighted by Gasteiger charge is 2.42. The molecule has 0 bridgehead atoms. The normalized spacial score (nSPS) is 17.6. The van der Waals surface area contributed by atoms with E-state index in [4.69, 9.17) is 5.73 Å². The van der Waals surface area contributed by atoms with Gasteiger partial charge in [-0.15, -0.1) is 0 Å². The number of hydrogen-bond acceptors (Lipinski definition) is 5. The molecule has 0 aromatic carbocycles. The fourth-order valence-corrected chi connectivity index (χ4v) is 3.09. The highest BCUT2D eigenvalue weighted by atomic mass is 32.2. The van der Waals surface area contributed by atoms with Crippen LogP contribution in [-0.4, -0.2) is 36.5 Å². The molecule has 7 nitrogen and oxygen atoms in total. The molecule has 0 atom stereocenters. The number of nitrogens with two attached hydrogens (primary N) is 1. The minimum atomic E-state index is -3.66. The summed E-state index contributed by atoms with van der Waals surface area (Å²) in [6.45, 7) is 2.84. The van der Waals surface area contributed by atoms with Gasteiger partial charge in [-0.3, -0.25) is 4.68 Å². The molecule has 1 fully saturated rings. The zero-order chi connectivity index (χ0) is 14.1. The molecule has 1 aromatic rings. The van der Waals surface area contributed by atoms with Crippen LogP contribution >= 0.6 is 0 Å². The van der Waals surface area contributed by atoms with Crippen molar-refractivity contribution >= 4 is 15.8 Å². The number of nitrogens with zero attached hydrogens (tertiary/aromatic N) is 2. The molecule has 19 heavy (non-hydrogen) atoms. The van der Waals surface area contributed by atoms with Crippen LogP contribution in [0.25, 0.3) is 0 Å². The van der Waals surface area contributed by atoms with Crippen molar-refractivity contribution in [2.75, 3.05) is 18.9 Å². The molecule has 0 saturated heterocycles. The largest absolute Gasteiger partial charge is 0.396 e. The van der Waals surface area contributed by atoms with E-state index in [0.29, 0.717) is 6.54 Å². The Kier molecular flexibility index (Phi) is 3.84. The van der Waals surface area contributed by atoms with Gasteiger partial charge >= 0.3 is 0 Å². The molecule has 0 radical (unpaired) electrons. The van der Waals surface area contributed by atoms with E-state index in [0.717, 1.165) is 19.3 Å². The zero-order valence-corrected chi connectivity index (χ0v) is 11.8. The summed E-state index contributed by atoms with van der Waals surface area (Å²) in [7, 11) is -3.66. The smallest absolute Gasteiger partial charge is 0.245 e. The fourth-order valence-electron chi connectivity index (χ4n) is 1.86. The summed E-state index contributed by atoms with van der Waals surface area (Å²) in [5.74, 6) is 0.00907. The second-order valence-corrected chi connectivity index (χ2v) is 6.86. The van der Waals surface area contributed by atoms with E-state index in [2.05, 4.69) is 9.82 Å². The molecule has 1 saturated carbocycles. The minimum Gasteiger partial charge on any atom is -0.396 e. The molecular weight excluding hydrogens is 268 g/mol. The van der Waals surface area contributed by atoms with Gasteiger partial charge in [0.1, 0.15) is 4.90 Å². The van der Waals surface area contributed by atoms with Gasteiger partial charge in [0.2, 0.25) is 10.0 Å². The van der Waals surface area contributed by atoms with Crippen LogP contribution in [0, 0.1) is 5.41 Å². The fraction of sp³-hybridized carbons (Fsp3) is 0.727. The summed E-state index contributed by atoms with van der Waals surface area (Å²) in [6, 6.07) is 0. The van der Waals surface area contributed by atoms with Crippen LogP contribution in [0.15, 0.2) is 11.1 Å². The predicted molar refractivity (Wildman–Crippen MR) is 70.9 cm³/mol. The number of anilines is 1. The van der Waals surface area contributed by atoms with Crippen molar-refractivity contribution in [2.45, 2.75) is 37.6 Å². The maximum absolute atomic E-state index is 12.1. The third kappa shape index (κ3) is 3.07. The molecule has 2 rings (SSSR count). The molecule has 0 spiro atoms. The van der Waals surface area contributed by atoms with Crippen LogP contribution in [0.5, 0.6) is 0 Å². The van der Waals surface area contributed by atoms with Crippen molar-refractivity contribution in [1.29, 1.82) is 0 Å². The summed E-state index contributed by atoms with van der Waals surface area (Å²) in [5, 5.41) is 13.1. The van der Waals surface area contributed by atoms with Gasteiger partial charge < -0.3 is 10.8 Å². The van der Waals surface area contributed by atoms with Crippen LogP contribution in [0.3, 0.4) is 0 Å². The molecule has 1 aromatic heterocycles. The number of aromatic nitrogens is 2. The number of sulfonamides is 1. The number of aliphatic hydroxyl groups excluding tert-OH is 1. The van der Waals surface area contributed by atoms with E-state index < -0.39 is 10.0 Å². The maximum atomic E-state index is 12.1. The molecular formula is C11H20N4O3S. The topological polar surface area (TPSA) is 110 Å². The lowest BCUT2D eigenvalue weighted by molar-refractivity contribution is 0.213. The first kappa shape index (κ1) is 14.3. The predicted octanol–water partition coefficient (Wildman–Crippen LogP) is -0.0739. The standard InChI is InChI=1S/C11H20N4O3S/c1-2-5-15-6-9(10(12)14-15)19(17,18)13-7-11(8-16)3-4-11/h6,13,16H,2-5,7-8H2,1H3,(H2,12,14). The van der Waals surface area contributed by atoms with Gasteiger partial charge in [-0.2, -0.15) is 5.10 Å². The van der Waals surface area contributed by atoms with Gasteiger partial charge in [0, 0.05) is 31.3 Å². The summed E-state index contributed by atoms with van der Waals surface area (Å²) in [4.78, 5) is 0.00897. The first-order chi connectivity index (χ1) is 8.92. The molecule has 1 heterocycles. The number of nitrogen functional groups attached to an aromatic ring is 1. The van der Waals surface area contributed by atoms with Crippen molar-refractivity contribution in [2.24, 2.45) is 5.41 Å². The Morgan fingerprint density at radius 3 is 2.79 bits per heavy atom. The lowest BCUT2D eigenvalue weighted by Crippen LogP contribution is -2.32. The first-order valence-corrected chi connectivity index (χ1v) is 7.84. The van der Waals surface area contributed by atoms with Crippen LogP contribution in [-0.2, 0) is 16.6 Å². The van der Waals surface area contributed by atoms with Crippen molar-refractivity contribution < 1.29 is 13.5 Å². The lowest BCUT2D eigenvalue weighted by atomic mass is 10.1. The summed E-state index contributed by atoms with van der Waals surface area (Å²) in [6.07, 6.45) is 3.98. The Bertz CT molecular complexity index is 548. The summed E-state index contributed by atoms with van der Waals surface area (Å²) >= 11 is 0. The maximum Gasteiger partial charge on any atom is 0.245 e. The van der Waals surface area contributed by atoms with E-state index in [1.54, 1.807) is 0 Å². The molecule has 0 unspecified atom stereocenters. The lowest BCUT2D eigenvalue weighted by Gasteiger charge is -2.12. The average molecular weight is 288 g/mol.